The van der Waals surface area contributed by atoms with Gasteiger partial charge in [-0.3, -0.25) is 9.79 Å². The number of nitrogens with zero attached hydrogens (tertiary/aromatic N) is 1. The van der Waals surface area contributed by atoms with E-state index in [4.69, 9.17) is 0 Å². The summed E-state index contributed by atoms with van der Waals surface area (Å²) in [6.07, 6.45) is -3.57. The van der Waals surface area contributed by atoms with Crippen LogP contribution >= 0.6 is 0 Å². The zero-order valence-corrected chi connectivity index (χ0v) is 5.57. The normalized spacial score (nSPS) is 16.7. The Balaban J connectivity index is 2.76. The summed E-state index contributed by atoms with van der Waals surface area (Å²) in [5, 5.41) is 0. The summed E-state index contributed by atoms with van der Waals surface area (Å²) in [5.41, 5.74) is -1.40. The van der Waals surface area contributed by atoms with E-state index in [9.17, 15) is 18.0 Å². The number of carbonyl (C=O) groups is 1. The van der Waals surface area contributed by atoms with Crippen molar-refractivity contribution in [2.24, 2.45) is 4.99 Å². The molecule has 5 heteroatoms. The van der Waals surface area contributed by atoms with E-state index in [0.29, 0.717) is 0 Å². The fraction of sp³-hybridized carbons (Fsp3) is 0.333. The van der Waals surface area contributed by atoms with E-state index < -0.39 is 17.7 Å². The molecule has 1 aliphatic rings. The highest BCUT2D eigenvalue weighted by Gasteiger charge is 2.42. The molecule has 0 bridgehead atoms. The maximum Gasteiger partial charge on any atom is 0.434 e. The van der Waals surface area contributed by atoms with Crippen molar-refractivity contribution in [3.8, 4) is 0 Å². The number of halogens is 3. The molecular formula is C6H4F3NO. The summed E-state index contributed by atoms with van der Waals surface area (Å²) in [5.74, 6) is -0.604. The molecule has 0 amide bonds. The van der Waals surface area contributed by atoms with Gasteiger partial charge < -0.3 is 0 Å². The Kier molecular flexibility index (Phi) is 1.58. The molecule has 0 saturated carbocycles. The van der Waals surface area contributed by atoms with Gasteiger partial charge in [-0.2, -0.15) is 13.2 Å². The molecule has 0 saturated heterocycles. The van der Waals surface area contributed by atoms with E-state index in [1.165, 1.54) is 0 Å². The molecule has 0 radical (unpaired) electrons. The molecule has 0 aromatic heterocycles. The first-order chi connectivity index (χ1) is 4.93. The second kappa shape index (κ2) is 2.18. The first-order valence-corrected chi connectivity index (χ1v) is 2.79. The molecule has 0 fully saturated rings. The van der Waals surface area contributed by atoms with Gasteiger partial charge >= 0.3 is 6.18 Å². The van der Waals surface area contributed by atoms with Crippen molar-refractivity contribution in [3.05, 3.63) is 11.8 Å². The minimum Gasteiger partial charge on any atom is -0.294 e. The van der Waals surface area contributed by atoms with Gasteiger partial charge in [0.1, 0.15) is 0 Å². The number of rotatable bonds is 1. The van der Waals surface area contributed by atoms with E-state index in [1.54, 1.807) is 0 Å². The third-order valence-corrected chi connectivity index (χ3v) is 1.23. The van der Waals surface area contributed by atoms with Crippen LogP contribution in [0.3, 0.4) is 0 Å². The van der Waals surface area contributed by atoms with Crippen molar-refractivity contribution >= 4 is 11.5 Å². The highest BCUT2D eigenvalue weighted by atomic mass is 19.4. The van der Waals surface area contributed by atoms with Crippen molar-refractivity contribution in [1.82, 2.24) is 0 Å². The van der Waals surface area contributed by atoms with Gasteiger partial charge in [-0.25, -0.2) is 0 Å². The first kappa shape index (κ1) is 7.97. The number of ketones is 1. The van der Waals surface area contributed by atoms with Gasteiger partial charge in [-0.15, -0.1) is 0 Å². The van der Waals surface area contributed by atoms with Crippen LogP contribution in [0.5, 0.6) is 0 Å². The molecule has 0 aromatic rings. The molecule has 0 aliphatic carbocycles. The van der Waals surface area contributed by atoms with Gasteiger partial charge in [0.05, 0.1) is 5.57 Å². The Labute approximate surface area is 60.4 Å². The first-order valence-electron chi connectivity index (χ1n) is 2.79. The lowest BCUT2D eigenvalue weighted by molar-refractivity contribution is -0.114. The minimum atomic E-state index is -4.49. The molecule has 2 nitrogen and oxygen atoms in total. The summed E-state index contributed by atoms with van der Waals surface area (Å²) >= 11 is 0. The lowest BCUT2D eigenvalue weighted by Crippen LogP contribution is -2.31. The molecule has 0 atom stereocenters. The van der Waals surface area contributed by atoms with Crippen molar-refractivity contribution in [1.29, 1.82) is 0 Å². The van der Waals surface area contributed by atoms with Gasteiger partial charge in [-0.05, 0) is 6.92 Å². The molecule has 0 N–H and O–H groups in total. The fourth-order valence-corrected chi connectivity index (χ4v) is 0.677. The standard InChI is InChI=1S/C6H4F3NO/c1-3(11)4-2-10-5(4)6(7,8)9/h2H,1H3. The number of Topliss-reactive ketones (excluding diaryl/α,β-unsaturated/α-hetero) is 1. The van der Waals surface area contributed by atoms with Crippen LogP contribution in [0.1, 0.15) is 6.92 Å². The van der Waals surface area contributed by atoms with Crippen molar-refractivity contribution in [2.45, 2.75) is 13.1 Å². The quantitative estimate of drug-likeness (QED) is 0.575. The van der Waals surface area contributed by atoms with Gasteiger partial charge in [0.15, 0.2) is 11.5 Å². The van der Waals surface area contributed by atoms with Crippen LogP contribution in [0.4, 0.5) is 13.2 Å². The lowest BCUT2D eigenvalue weighted by atomic mass is 10.0. The van der Waals surface area contributed by atoms with Crippen LogP contribution in [0, 0.1) is 0 Å². The van der Waals surface area contributed by atoms with E-state index in [2.05, 4.69) is 4.99 Å². The Hall–Kier alpha value is -1.13. The highest BCUT2D eigenvalue weighted by molar-refractivity contribution is 6.26. The van der Waals surface area contributed by atoms with Crippen molar-refractivity contribution in [2.75, 3.05) is 0 Å². The number of alkyl halides is 3. The monoisotopic (exact) mass is 163 g/mol. The molecule has 60 valence electrons. The maximum atomic E-state index is 11.8. The number of carbonyl (C=O) groups excluding carboxylic acids is 1. The summed E-state index contributed by atoms with van der Waals surface area (Å²) in [6.45, 7) is 1.08. The SMILES string of the molecule is CC(=O)C1=CN=C1C(F)(F)F. The van der Waals surface area contributed by atoms with Crippen LogP contribution in [0.15, 0.2) is 16.8 Å². The smallest absolute Gasteiger partial charge is 0.294 e. The van der Waals surface area contributed by atoms with Gasteiger partial charge in [-0.1, -0.05) is 0 Å². The molecular weight excluding hydrogens is 159 g/mol. The third kappa shape index (κ3) is 1.31. The van der Waals surface area contributed by atoms with E-state index >= 15 is 0 Å². The molecule has 11 heavy (non-hydrogen) atoms. The van der Waals surface area contributed by atoms with Gasteiger partial charge in [0.2, 0.25) is 0 Å². The Morgan fingerprint density at radius 3 is 2.18 bits per heavy atom. The molecule has 1 rings (SSSR count). The molecule has 0 unspecified atom stereocenters. The topological polar surface area (TPSA) is 29.4 Å². The van der Waals surface area contributed by atoms with Crippen LogP contribution < -0.4 is 0 Å². The second-order valence-electron chi connectivity index (χ2n) is 2.07. The zero-order chi connectivity index (χ0) is 8.65. The Morgan fingerprint density at radius 1 is 1.55 bits per heavy atom. The van der Waals surface area contributed by atoms with E-state index in [0.717, 1.165) is 13.1 Å². The minimum absolute atomic E-state index is 0.336. The Morgan fingerprint density at radius 2 is 2.09 bits per heavy atom. The number of hydrogen-bond acceptors (Lipinski definition) is 2. The molecule has 0 aromatic carbocycles. The Bertz CT molecular complexity index is 261. The van der Waals surface area contributed by atoms with E-state index in [1.807, 2.05) is 0 Å². The van der Waals surface area contributed by atoms with Gasteiger partial charge in [0.25, 0.3) is 0 Å². The maximum absolute atomic E-state index is 11.8. The van der Waals surface area contributed by atoms with Crippen LogP contribution in [-0.4, -0.2) is 17.7 Å². The van der Waals surface area contributed by atoms with Crippen molar-refractivity contribution in [3.63, 3.8) is 0 Å². The predicted octanol–water partition coefficient (Wildman–Crippen LogP) is 1.48. The zero-order valence-electron chi connectivity index (χ0n) is 5.57. The molecule has 1 heterocycles. The number of hydrogen-bond donors (Lipinski definition) is 0. The molecule has 0 spiro atoms. The fourth-order valence-electron chi connectivity index (χ4n) is 0.677. The van der Waals surface area contributed by atoms with Crippen LogP contribution in [0.2, 0.25) is 0 Å². The van der Waals surface area contributed by atoms with E-state index in [-0.39, 0.29) is 5.57 Å². The second-order valence-corrected chi connectivity index (χ2v) is 2.07. The van der Waals surface area contributed by atoms with Gasteiger partial charge in [0, 0.05) is 6.20 Å². The molecule has 1 aliphatic heterocycles. The summed E-state index contributed by atoms with van der Waals surface area (Å²) < 4.78 is 35.4. The lowest BCUT2D eigenvalue weighted by Gasteiger charge is -2.15. The summed E-state index contributed by atoms with van der Waals surface area (Å²) in [7, 11) is 0. The average Bonchev–Trinajstić information content (AvgIpc) is 1.51. The van der Waals surface area contributed by atoms with Crippen LogP contribution in [0.25, 0.3) is 0 Å². The largest absolute Gasteiger partial charge is 0.434 e. The predicted molar refractivity (Wildman–Crippen MR) is 32.3 cm³/mol. The third-order valence-electron chi connectivity index (χ3n) is 1.23. The number of allylic oxidation sites excluding steroid dienone is 1. The van der Waals surface area contributed by atoms with Crippen LogP contribution in [-0.2, 0) is 4.79 Å². The number of aliphatic imine (C=N–C) groups is 1. The summed E-state index contributed by atoms with van der Waals surface area (Å²) in [4.78, 5) is 13.4. The highest BCUT2D eigenvalue weighted by Crippen LogP contribution is 2.27. The average molecular weight is 163 g/mol. The summed E-state index contributed by atoms with van der Waals surface area (Å²) in [6, 6.07) is 0. The van der Waals surface area contributed by atoms with Crippen molar-refractivity contribution < 1.29 is 18.0 Å².